The standard InChI is InChI=1S/C22H23BrN2O3/c1-14-19(22(24)26)13-20(15-5-4-6-17(23)11-15)25(14)10-9-16-12-18(27-2)7-8-21(16)28-3/h4-8,11-13H,9-10H2,1-3H3,(H2,24,26). The average Bonchev–Trinajstić information content (AvgIpc) is 3.02. The highest BCUT2D eigenvalue weighted by atomic mass is 79.9. The van der Waals surface area contributed by atoms with Crippen LogP contribution in [0.15, 0.2) is 53.0 Å². The summed E-state index contributed by atoms with van der Waals surface area (Å²) in [4.78, 5) is 11.9. The fourth-order valence-electron chi connectivity index (χ4n) is 3.38. The maximum Gasteiger partial charge on any atom is 0.250 e. The largest absolute Gasteiger partial charge is 0.497 e. The monoisotopic (exact) mass is 442 g/mol. The lowest BCUT2D eigenvalue weighted by Gasteiger charge is -2.15. The maximum absolute atomic E-state index is 11.9. The molecule has 6 heteroatoms. The van der Waals surface area contributed by atoms with E-state index < -0.39 is 5.91 Å². The fourth-order valence-corrected chi connectivity index (χ4v) is 3.78. The van der Waals surface area contributed by atoms with Gasteiger partial charge in [-0.1, -0.05) is 28.1 Å². The quantitative estimate of drug-likeness (QED) is 0.581. The van der Waals surface area contributed by atoms with E-state index in [0.29, 0.717) is 12.1 Å². The second kappa shape index (κ2) is 8.52. The van der Waals surface area contributed by atoms with Crippen molar-refractivity contribution in [3.63, 3.8) is 0 Å². The number of nitrogens with zero attached hydrogens (tertiary/aromatic N) is 1. The number of carbonyl (C=O) groups is 1. The molecule has 1 aromatic heterocycles. The second-order valence-electron chi connectivity index (χ2n) is 6.48. The maximum atomic E-state index is 11.9. The molecule has 0 aliphatic rings. The van der Waals surface area contributed by atoms with Crippen LogP contribution < -0.4 is 15.2 Å². The molecular weight excluding hydrogens is 420 g/mol. The fraction of sp³-hybridized carbons (Fsp3) is 0.227. The first kappa shape index (κ1) is 20.0. The van der Waals surface area contributed by atoms with Crippen molar-refractivity contribution in [2.75, 3.05) is 14.2 Å². The zero-order valence-corrected chi connectivity index (χ0v) is 17.7. The molecule has 2 N–H and O–H groups in total. The number of aryl methyl sites for hydroxylation is 1. The van der Waals surface area contributed by atoms with Gasteiger partial charge < -0.3 is 19.8 Å². The van der Waals surface area contributed by atoms with Crippen LogP contribution in [0.5, 0.6) is 11.5 Å². The molecule has 0 aliphatic heterocycles. The molecule has 0 radical (unpaired) electrons. The van der Waals surface area contributed by atoms with Crippen molar-refractivity contribution in [2.45, 2.75) is 19.9 Å². The highest BCUT2D eigenvalue weighted by molar-refractivity contribution is 9.10. The number of benzene rings is 2. The Kier molecular flexibility index (Phi) is 6.09. The Morgan fingerprint density at radius 2 is 1.89 bits per heavy atom. The lowest BCUT2D eigenvalue weighted by molar-refractivity contribution is 0.0999. The summed E-state index contributed by atoms with van der Waals surface area (Å²) in [5.41, 5.74) is 9.99. The Labute approximate surface area is 173 Å². The van der Waals surface area contributed by atoms with Crippen LogP contribution in [0.4, 0.5) is 0 Å². The molecule has 1 heterocycles. The minimum Gasteiger partial charge on any atom is -0.497 e. The van der Waals surface area contributed by atoms with Crippen molar-refractivity contribution in [2.24, 2.45) is 5.73 Å². The van der Waals surface area contributed by atoms with E-state index in [2.05, 4.69) is 20.5 Å². The molecule has 0 unspecified atom stereocenters. The number of ether oxygens (including phenoxy) is 2. The van der Waals surface area contributed by atoms with Crippen LogP contribution in [-0.4, -0.2) is 24.7 Å². The SMILES string of the molecule is COc1ccc(OC)c(CCn2c(-c3cccc(Br)c3)cc(C(N)=O)c2C)c1. The topological polar surface area (TPSA) is 66.5 Å². The summed E-state index contributed by atoms with van der Waals surface area (Å²) >= 11 is 3.52. The number of hydrogen-bond donors (Lipinski definition) is 1. The Bertz CT molecular complexity index is 1010. The van der Waals surface area contributed by atoms with Crippen LogP contribution in [0.2, 0.25) is 0 Å². The van der Waals surface area contributed by atoms with Gasteiger partial charge in [-0.2, -0.15) is 0 Å². The van der Waals surface area contributed by atoms with Crippen molar-refractivity contribution in [3.05, 3.63) is 69.8 Å². The van der Waals surface area contributed by atoms with Crippen LogP contribution in [0.25, 0.3) is 11.3 Å². The van der Waals surface area contributed by atoms with Crippen LogP contribution in [0.3, 0.4) is 0 Å². The van der Waals surface area contributed by atoms with Gasteiger partial charge in [-0.25, -0.2) is 0 Å². The van der Waals surface area contributed by atoms with Crippen LogP contribution in [-0.2, 0) is 13.0 Å². The van der Waals surface area contributed by atoms with Gasteiger partial charge in [-0.15, -0.1) is 0 Å². The molecule has 0 fully saturated rings. The zero-order valence-electron chi connectivity index (χ0n) is 16.2. The number of primary amides is 1. The van der Waals surface area contributed by atoms with Crippen molar-refractivity contribution >= 4 is 21.8 Å². The Hall–Kier alpha value is -2.73. The number of halogens is 1. The molecule has 0 aliphatic carbocycles. The average molecular weight is 443 g/mol. The van der Waals surface area contributed by atoms with E-state index in [-0.39, 0.29) is 0 Å². The molecule has 3 rings (SSSR count). The predicted molar refractivity (Wildman–Crippen MR) is 114 cm³/mol. The van der Waals surface area contributed by atoms with Crippen LogP contribution >= 0.6 is 15.9 Å². The number of rotatable bonds is 7. The summed E-state index contributed by atoms with van der Waals surface area (Å²) in [6, 6.07) is 15.6. The third kappa shape index (κ3) is 4.07. The first-order chi connectivity index (χ1) is 13.4. The van der Waals surface area contributed by atoms with Gasteiger partial charge in [-0.3, -0.25) is 4.79 Å². The summed E-state index contributed by atoms with van der Waals surface area (Å²) in [5, 5.41) is 0. The number of methoxy groups -OCH3 is 2. The van der Waals surface area contributed by atoms with Crippen LogP contribution in [0, 0.1) is 6.92 Å². The first-order valence-corrected chi connectivity index (χ1v) is 9.70. The molecule has 0 saturated heterocycles. The molecule has 3 aromatic rings. The zero-order chi connectivity index (χ0) is 20.3. The second-order valence-corrected chi connectivity index (χ2v) is 7.40. The molecule has 1 amide bonds. The Morgan fingerprint density at radius 3 is 2.54 bits per heavy atom. The highest BCUT2D eigenvalue weighted by Crippen LogP contribution is 2.30. The third-order valence-electron chi connectivity index (χ3n) is 4.84. The van der Waals surface area contributed by atoms with Crippen molar-refractivity contribution in [3.8, 4) is 22.8 Å². The van der Waals surface area contributed by atoms with E-state index in [1.54, 1.807) is 14.2 Å². The van der Waals surface area contributed by atoms with Gasteiger partial charge >= 0.3 is 0 Å². The number of aromatic nitrogens is 1. The van der Waals surface area contributed by atoms with Gasteiger partial charge in [0, 0.05) is 22.4 Å². The molecule has 5 nitrogen and oxygen atoms in total. The molecule has 0 spiro atoms. The normalized spacial score (nSPS) is 10.7. The first-order valence-electron chi connectivity index (χ1n) is 8.91. The molecule has 0 saturated carbocycles. The van der Waals surface area contributed by atoms with E-state index >= 15 is 0 Å². The number of nitrogens with two attached hydrogens (primary N) is 1. The minimum absolute atomic E-state index is 0.425. The lowest BCUT2D eigenvalue weighted by Crippen LogP contribution is -2.13. The van der Waals surface area contributed by atoms with E-state index in [1.807, 2.05) is 55.5 Å². The van der Waals surface area contributed by atoms with E-state index in [0.717, 1.165) is 44.9 Å². The van der Waals surface area contributed by atoms with Crippen molar-refractivity contribution in [1.82, 2.24) is 4.57 Å². The lowest BCUT2D eigenvalue weighted by atomic mass is 10.1. The molecule has 0 atom stereocenters. The summed E-state index contributed by atoms with van der Waals surface area (Å²) in [7, 11) is 3.30. The van der Waals surface area contributed by atoms with E-state index in [1.165, 1.54) is 0 Å². The summed E-state index contributed by atoms with van der Waals surface area (Å²) in [5.74, 6) is 1.17. The van der Waals surface area contributed by atoms with E-state index in [9.17, 15) is 4.79 Å². The Morgan fingerprint density at radius 1 is 1.11 bits per heavy atom. The number of amides is 1. The van der Waals surface area contributed by atoms with Gasteiger partial charge in [0.15, 0.2) is 0 Å². The minimum atomic E-state index is -0.425. The summed E-state index contributed by atoms with van der Waals surface area (Å²) in [6.07, 6.45) is 0.717. The van der Waals surface area contributed by atoms with Crippen molar-refractivity contribution in [1.29, 1.82) is 0 Å². The molecule has 146 valence electrons. The predicted octanol–water partition coefficient (Wildman–Crippen LogP) is 4.58. The van der Waals surface area contributed by atoms with Crippen LogP contribution in [0.1, 0.15) is 21.6 Å². The molecule has 2 aromatic carbocycles. The molecule has 0 bridgehead atoms. The number of carbonyl (C=O) groups excluding carboxylic acids is 1. The molecular formula is C22H23BrN2O3. The van der Waals surface area contributed by atoms with Crippen molar-refractivity contribution < 1.29 is 14.3 Å². The highest BCUT2D eigenvalue weighted by Gasteiger charge is 2.17. The van der Waals surface area contributed by atoms with Gasteiger partial charge in [0.05, 0.1) is 19.8 Å². The summed E-state index contributed by atoms with van der Waals surface area (Å²) in [6.45, 7) is 2.59. The molecule has 28 heavy (non-hydrogen) atoms. The van der Waals surface area contributed by atoms with E-state index in [4.69, 9.17) is 15.2 Å². The van der Waals surface area contributed by atoms with Gasteiger partial charge in [0.1, 0.15) is 11.5 Å². The van der Waals surface area contributed by atoms with Gasteiger partial charge in [0.25, 0.3) is 5.91 Å². The van der Waals surface area contributed by atoms with Gasteiger partial charge in [-0.05, 0) is 60.9 Å². The number of hydrogen-bond acceptors (Lipinski definition) is 3. The summed E-state index contributed by atoms with van der Waals surface area (Å²) < 4.78 is 13.9. The Balaban J connectivity index is 2.01. The van der Waals surface area contributed by atoms with Gasteiger partial charge in [0.2, 0.25) is 0 Å². The smallest absolute Gasteiger partial charge is 0.250 e. The third-order valence-corrected chi connectivity index (χ3v) is 5.34.